The molecule has 0 radical (unpaired) electrons. The normalized spacial score (nSPS) is 12.4. The van der Waals surface area contributed by atoms with Gasteiger partial charge in [0.05, 0.1) is 0 Å². The Labute approximate surface area is 129 Å². The summed E-state index contributed by atoms with van der Waals surface area (Å²) in [6.45, 7) is 4.29. The summed E-state index contributed by atoms with van der Waals surface area (Å²) in [5, 5.41) is 0. The van der Waals surface area contributed by atoms with Crippen molar-refractivity contribution in [1.82, 2.24) is 5.43 Å². The first-order chi connectivity index (χ1) is 9.58. The van der Waals surface area contributed by atoms with Crippen molar-refractivity contribution in [3.05, 3.63) is 69.2 Å². The smallest absolute Gasteiger partial charge is 0.0291 e. The highest BCUT2D eigenvalue weighted by atomic mass is 79.9. The zero-order chi connectivity index (χ0) is 14.5. The Kier molecular flexibility index (Phi) is 5.35. The van der Waals surface area contributed by atoms with Crippen LogP contribution in [0.25, 0.3) is 0 Å². The number of hydrazine groups is 1. The van der Waals surface area contributed by atoms with Crippen molar-refractivity contribution in [2.45, 2.75) is 32.7 Å². The van der Waals surface area contributed by atoms with Gasteiger partial charge in [0.1, 0.15) is 0 Å². The van der Waals surface area contributed by atoms with Crippen molar-refractivity contribution >= 4 is 15.9 Å². The predicted octanol–water partition coefficient (Wildman–Crippen LogP) is 3.68. The lowest BCUT2D eigenvalue weighted by Crippen LogP contribution is -2.38. The molecule has 2 nitrogen and oxygen atoms in total. The number of halogens is 1. The van der Waals surface area contributed by atoms with Gasteiger partial charge in [-0.05, 0) is 61.1 Å². The fourth-order valence-corrected chi connectivity index (χ4v) is 2.57. The Morgan fingerprint density at radius 2 is 1.55 bits per heavy atom. The molecule has 0 aliphatic rings. The summed E-state index contributed by atoms with van der Waals surface area (Å²) in [6, 6.07) is 15.3. The molecule has 20 heavy (non-hydrogen) atoms. The molecule has 0 aliphatic heterocycles. The van der Waals surface area contributed by atoms with Gasteiger partial charge in [-0.1, -0.05) is 46.3 Å². The van der Waals surface area contributed by atoms with Crippen LogP contribution in [0.5, 0.6) is 0 Å². The van der Waals surface area contributed by atoms with Gasteiger partial charge >= 0.3 is 0 Å². The van der Waals surface area contributed by atoms with Gasteiger partial charge in [0, 0.05) is 10.5 Å². The summed E-state index contributed by atoms with van der Waals surface area (Å²) in [5.41, 5.74) is 8.22. The van der Waals surface area contributed by atoms with E-state index in [1.165, 1.54) is 22.3 Å². The molecule has 1 atom stereocenters. The van der Waals surface area contributed by atoms with Crippen LogP contribution in [0, 0.1) is 13.8 Å². The van der Waals surface area contributed by atoms with Gasteiger partial charge in [-0.3, -0.25) is 11.3 Å². The van der Waals surface area contributed by atoms with Gasteiger partial charge in [-0.15, -0.1) is 0 Å². The van der Waals surface area contributed by atoms with Gasteiger partial charge in [0.2, 0.25) is 0 Å². The Hall–Kier alpha value is -1.16. The highest BCUT2D eigenvalue weighted by molar-refractivity contribution is 9.10. The zero-order valence-electron chi connectivity index (χ0n) is 12.0. The van der Waals surface area contributed by atoms with E-state index in [2.05, 4.69) is 77.7 Å². The van der Waals surface area contributed by atoms with Crippen molar-refractivity contribution < 1.29 is 0 Å². The number of nitrogens with two attached hydrogens (primary N) is 1. The molecule has 0 heterocycles. The molecule has 0 saturated carbocycles. The number of rotatable bonds is 5. The van der Waals surface area contributed by atoms with E-state index in [-0.39, 0.29) is 6.04 Å². The summed E-state index contributed by atoms with van der Waals surface area (Å²) in [6.07, 6.45) is 1.87. The quantitative estimate of drug-likeness (QED) is 0.647. The van der Waals surface area contributed by atoms with Crippen LogP contribution in [0.2, 0.25) is 0 Å². The Morgan fingerprint density at radius 1 is 0.950 bits per heavy atom. The average molecular weight is 333 g/mol. The molecule has 0 amide bonds. The molecule has 2 aromatic carbocycles. The molecule has 2 aromatic rings. The fraction of sp³-hybridized carbons (Fsp3) is 0.294. The first-order valence-electron chi connectivity index (χ1n) is 6.85. The molecule has 1 unspecified atom stereocenters. The van der Waals surface area contributed by atoms with Gasteiger partial charge < -0.3 is 0 Å². The molecule has 3 N–H and O–H groups in total. The summed E-state index contributed by atoms with van der Waals surface area (Å²) < 4.78 is 1.10. The van der Waals surface area contributed by atoms with E-state index in [0.29, 0.717) is 0 Å². The zero-order valence-corrected chi connectivity index (χ0v) is 13.6. The molecule has 3 heteroatoms. The minimum Gasteiger partial charge on any atom is -0.271 e. The van der Waals surface area contributed by atoms with E-state index >= 15 is 0 Å². The predicted molar refractivity (Wildman–Crippen MR) is 88.6 cm³/mol. The van der Waals surface area contributed by atoms with Crippen molar-refractivity contribution in [2.24, 2.45) is 5.84 Å². The van der Waals surface area contributed by atoms with Gasteiger partial charge in [-0.2, -0.15) is 0 Å². The van der Waals surface area contributed by atoms with E-state index in [1.807, 2.05) is 0 Å². The second-order valence-corrected chi connectivity index (χ2v) is 6.23. The van der Waals surface area contributed by atoms with E-state index in [9.17, 15) is 0 Å². The molecular formula is C17H21BrN2. The van der Waals surface area contributed by atoms with E-state index in [4.69, 9.17) is 5.84 Å². The van der Waals surface area contributed by atoms with Crippen LogP contribution in [0.3, 0.4) is 0 Å². The standard InChI is InChI=1S/C17H21BrN2/c1-12-3-4-15(9-13(12)2)11-17(20-19)10-14-5-7-16(18)8-6-14/h3-9,17,20H,10-11,19H2,1-2H3. The van der Waals surface area contributed by atoms with Crippen LogP contribution in [-0.4, -0.2) is 6.04 Å². The molecule has 0 aromatic heterocycles. The highest BCUT2D eigenvalue weighted by Crippen LogP contribution is 2.15. The van der Waals surface area contributed by atoms with E-state index in [0.717, 1.165) is 17.3 Å². The average Bonchev–Trinajstić information content (AvgIpc) is 2.44. The number of hydrogen-bond donors (Lipinski definition) is 2. The Morgan fingerprint density at radius 3 is 2.15 bits per heavy atom. The molecule has 2 rings (SSSR count). The van der Waals surface area contributed by atoms with Gasteiger partial charge in [0.15, 0.2) is 0 Å². The third-order valence-electron chi connectivity index (χ3n) is 3.68. The van der Waals surface area contributed by atoms with Crippen LogP contribution in [0.1, 0.15) is 22.3 Å². The lowest BCUT2D eigenvalue weighted by Gasteiger charge is -2.17. The fourth-order valence-electron chi connectivity index (χ4n) is 2.31. The minimum atomic E-state index is 0.248. The molecule has 0 bridgehead atoms. The summed E-state index contributed by atoms with van der Waals surface area (Å²) >= 11 is 3.46. The van der Waals surface area contributed by atoms with Gasteiger partial charge in [0.25, 0.3) is 0 Å². The molecule has 106 valence electrons. The largest absolute Gasteiger partial charge is 0.271 e. The van der Waals surface area contributed by atoms with Crippen molar-refractivity contribution in [3.63, 3.8) is 0 Å². The van der Waals surface area contributed by atoms with Crippen LogP contribution < -0.4 is 11.3 Å². The third-order valence-corrected chi connectivity index (χ3v) is 4.21. The molecular weight excluding hydrogens is 312 g/mol. The SMILES string of the molecule is Cc1ccc(CC(Cc2ccc(Br)cc2)NN)cc1C. The summed E-state index contributed by atoms with van der Waals surface area (Å²) in [7, 11) is 0. The Balaban J connectivity index is 2.04. The Bertz CT molecular complexity index is 564. The van der Waals surface area contributed by atoms with Gasteiger partial charge in [-0.25, -0.2) is 0 Å². The van der Waals surface area contributed by atoms with Crippen LogP contribution in [0.15, 0.2) is 46.9 Å². The minimum absolute atomic E-state index is 0.248. The maximum Gasteiger partial charge on any atom is 0.0291 e. The first-order valence-corrected chi connectivity index (χ1v) is 7.64. The molecule has 0 saturated heterocycles. The number of aryl methyl sites for hydroxylation is 2. The van der Waals surface area contributed by atoms with Crippen LogP contribution in [0.4, 0.5) is 0 Å². The first kappa shape index (κ1) is 15.2. The maximum atomic E-state index is 5.71. The molecule has 0 spiro atoms. The lowest BCUT2D eigenvalue weighted by molar-refractivity contribution is 0.522. The molecule has 0 fully saturated rings. The van der Waals surface area contributed by atoms with E-state index < -0.39 is 0 Å². The number of hydrogen-bond acceptors (Lipinski definition) is 2. The van der Waals surface area contributed by atoms with E-state index in [1.54, 1.807) is 0 Å². The second kappa shape index (κ2) is 7.02. The second-order valence-electron chi connectivity index (χ2n) is 5.32. The van der Waals surface area contributed by atoms with Crippen molar-refractivity contribution in [3.8, 4) is 0 Å². The lowest BCUT2D eigenvalue weighted by atomic mass is 9.97. The summed E-state index contributed by atoms with van der Waals surface area (Å²) in [5.74, 6) is 5.71. The summed E-state index contributed by atoms with van der Waals surface area (Å²) in [4.78, 5) is 0. The van der Waals surface area contributed by atoms with Crippen molar-refractivity contribution in [2.75, 3.05) is 0 Å². The number of benzene rings is 2. The van der Waals surface area contributed by atoms with Crippen LogP contribution >= 0.6 is 15.9 Å². The van der Waals surface area contributed by atoms with Crippen LogP contribution in [-0.2, 0) is 12.8 Å². The maximum absolute atomic E-state index is 5.71. The number of nitrogens with one attached hydrogen (secondary N) is 1. The third kappa shape index (κ3) is 4.17. The monoisotopic (exact) mass is 332 g/mol. The van der Waals surface area contributed by atoms with Crippen molar-refractivity contribution in [1.29, 1.82) is 0 Å². The highest BCUT2D eigenvalue weighted by Gasteiger charge is 2.09. The topological polar surface area (TPSA) is 38.0 Å². The molecule has 0 aliphatic carbocycles.